The Hall–Kier alpha value is -3.56. The maximum atomic E-state index is 12.9. The number of ether oxygens (including phenoxy) is 1. The summed E-state index contributed by atoms with van der Waals surface area (Å²) in [4.78, 5) is 25.9. The van der Waals surface area contributed by atoms with Crippen molar-refractivity contribution in [3.63, 3.8) is 0 Å². The van der Waals surface area contributed by atoms with Gasteiger partial charge in [0.15, 0.2) is 6.61 Å². The van der Waals surface area contributed by atoms with Gasteiger partial charge in [-0.1, -0.05) is 30.0 Å². The van der Waals surface area contributed by atoms with Crippen LogP contribution in [0.4, 0.5) is 32.0 Å². The fraction of sp³-hybridized carbons (Fsp3) is 0.190. The molecule has 0 atom stereocenters. The third kappa shape index (κ3) is 6.73. The highest BCUT2D eigenvalue weighted by atomic mass is 32.2. The minimum atomic E-state index is -6.35. The third-order valence-electron chi connectivity index (χ3n) is 5.13. The first-order chi connectivity index (χ1) is 19.3. The van der Waals surface area contributed by atoms with Gasteiger partial charge in [-0.3, -0.25) is 9.59 Å². The lowest BCUT2D eigenvalue weighted by Crippen LogP contribution is -2.38. The van der Waals surface area contributed by atoms with Gasteiger partial charge in [0.1, 0.15) is 21.6 Å². The molecule has 2 aliphatic rings. The third-order valence-corrected chi connectivity index (χ3v) is 8.25. The Morgan fingerprint density at radius 2 is 1.52 bits per heavy atom. The quantitative estimate of drug-likeness (QED) is 0.151. The molecule has 0 unspecified atom stereocenters. The molecule has 21 heteroatoms. The van der Waals surface area contributed by atoms with E-state index in [1.165, 1.54) is 24.3 Å². The Morgan fingerprint density at radius 1 is 0.952 bits per heavy atom. The maximum absolute atomic E-state index is 12.9. The zero-order chi connectivity index (χ0) is 31.3. The van der Waals surface area contributed by atoms with Crippen molar-refractivity contribution < 1.29 is 65.9 Å². The van der Waals surface area contributed by atoms with Gasteiger partial charge in [0.2, 0.25) is 0 Å². The number of thioether (sulfide) groups is 1. The van der Waals surface area contributed by atoms with Gasteiger partial charge in [-0.25, -0.2) is 0 Å². The fourth-order valence-corrected chi connectivity index (χ4v) is 5.34. The molecule has 2 aliphatic heterocycles. The van der Waals surface area contributed by atoms with E-state index in [4.69, 9.17) is 17.0 Å². The van der Waals surface area contributed by atoms with Crippen LogP contribution in [0.25, 0.3) is 6.08 Å². The molecule has 0 spiro atoms. The zero-order valence-electron chi connectivity index (χ0n) is 20.0. The van der Waals surface area contributed by atoms with Gasteiger partial charge in [0.05, 0.1) is 17.1 Å². The van der Waals surface area contributed by atoms with Crippen LogP contribution in [0.5, 0.6) is 17.2 Å². The minimum absolute atomic E-state index is 0.0335. The summed E-state index contributed by atoms with van der Waals surface area (Å²) < 4.78 is 137. The Balaban J connectivity index is 1.75. The van der Waals surface area contributed by atoms with E-state index in [-0.39, 0.29) is 26.7 Å². The van der Waals surface area contributed by atoms with E-state index in [0.717, 1.165) is 16.7 Å². The predicted octanol–water partition coefficient (Wildman–Crippen LogP) is 3.56. The molecule has 4 rings (SSSR count). The molecule has 2 aromatic carbocycles. The van der Waals surface area contributed by atoms with Crippen molar-refractivity contribution in [2.75, 3.05) is 11.5 Å². The molecule has 2 amide bonds. The van der Waals surface area contributed by atoms with Crippen LogP contribution < -0.4 is 23.3 Å². The van der Waals surface area contributed by atoms with Gasteiger partial charge in [-0.15, -0.1) is 0 Å². The van der Waals surface area contributed by atoms with Crippen molar-refractivity contribution in [1.29, 1.82) is 0 Å². The summed E-state index contributed by atoms with van der Waals surface area (Å²) in [6.45, 7) is -1.22. The number of benzene rings is 2. The molecule has 0 saturated carbocycles. The number of hydrogen-bond acceptors (Lipinski definition) is 11. The number of anilines is 1. The van der Waals surface area contributed by atoms with Gasteiger partial charge in [-0.05, 0) is 41.5 Å². The van der Waals surface area contributed by atoms with E-state index in [0.29, 0.717) is 17.7 Å². The number of nitrogens with one attached hydrogen (secondary N) is 1. The number of halogens is 6. The van der Waals surface area contributed by atoms with E-state index in [9.17, 15) is 52.8 Å². The molecule has 1 fully saturated rings. The first kappa shape index (κ1) is 31.4. The van der Waals surface area contributed by atoms with Crippen molar-refractivity contribution in [1.82, 2.24) is 5.32 Å². The van der Waals surface area contributed by atoms with Crippen LogP contribution >= 0.6 is 24.0 Å². The number of carbonyl (C=O) groups excluding carboxylic acids is 2. The van der Waals surface area contributed by atoms with Crippen LogP contribution in [0, 0.1) is 0 Å². The lowest BCUT2D eigenvalue weighted by atomic mass is 10.1. The average molecular weight is 679 g/mol. The molecule has 0 aromatic heterocycles. The predicted molar refractivity (Wildman–Crippen MR) is 137 cm³/mol. The van der Waals surface area contributed by atoms with E-state index in [1.807, 2.05) is 0 Å². The second-order valence-corrected chi connectivity index (χ2v) is 12.9. The summed E-state index contributed by atoms with van der Waals surface area (Å²) in [5.74, 6) is -3.67. The van der Waals surface area contributed by atoms with E-state index in [1.54, 1.807) is 0 Å². The van der Waals surface area contributed by atoms with Gasteiger partial charge < -0.3 is 23.3 Å². The Kier molecular flexibility index (Phi) is 8.17. The summed E-state index contributed by atoms with van der Waals surface area (Å²) in [6, 6.07) is 5.70. The number of hydrogen-bond donors (Lipinski definition) is 1. The van der Waals surface area contributed by atoms with Crippen molar-refractivity contribution in [2.24, 2.45) is 0 Å². The van der Waals surface area contributed by atoms with Crippen LogP contribution in [0.3, 0.4) is 0 Å². The number of alkyl halides is 6. The normalized spacial score (nSPS) is 17.1. The molecule has 1 saturated heterocycles. The Morgan fingerprint density at radius 3 is 2.02 bits per heavy atom. The number of fused-ring (bicyclic) bond motifs is 1. The molecule has 0 radical (unpaired) electrons. The van der Waals surface area contributed by atoms with Gasteiger partial charge in [0.25, 0.3) is 11.8 Å². The topological polar surface area (TPSA) is 145 Å². The summed E-state index contributed by atoms with van der Waals surface area (Å²) >= 11 is 5.88. The number of rotatable bonds is 7. The summed E-state index contributed by atoms with van der Waals surface area (Å²) in [7, 11) is -12.7. The van der Waals surface area contributed by atoms with E-state index in [2.05, 4.69) is 13.7 Å². The molecule has 1 N–H and O–H groups in total. The Bertz CT molecular complexity index is 1670. The highest BCUT2D eigenvalue weighted by molar-refractivity contribution is 8.26. The van der Waals surface area contributed by atoms with Crippen molar-refractivity contribution >= 4 is 72.1 Å². The molecule has 2 aromatic rings. The van der Waals surface area contributed by atoms with E-state index >= 15 is 0 Å². The number of amides is 2. The van der Waals surface area contributed by atoms with Crippen LogP contribution in [0.1, 0.15) is 11.1 Å². The lowest BCUT2D eigenvalue weighted by molar-refractivity contribution is -0.121. The van der Waals surface area contributed by atoms with Crippen LogP contribution in [-0.2, 0) is 36.4 Å². The molecular weight excluding hydrogens is 666 g/mol. The van der Waals surface area contributed by atoms with Crippen LogP contribution in [-0.4, -0.2) is 50.6 Å². The van der Waals surface area contributed by atoms with Crippen molar-refractivity contribution in [3.8, 4) is 17.2 Å². The summed E-state index contributed by atoms with van der Waals surface area (Å²) in [5, 5.41) is 2.41. The summed E-state index contributed by atoms with van der Waals surface area (Å²) in [6.07, 6.45) is 1.42. The molecule has 0 aliphatic carbocycles. The van der Waals surface area contributed by atoms with E-state index < -0.39 is 73.3 Å². The number of nitrogens with zero attached hydrogens (tertiary/aromatic N) is 1. The number of thiocarbonyl (C=S) groups is 1. The molecule has 0 bridgehead atoms. The average Bonchev–Trinajstić information content (AvgIpc) is 3.15. The SMILES string of the molecule is O=C1NC(=S)SC1=Cc1ccc2c(c1)N(Cc1cc(OS(=O)(=O)C(F)(F)F)cc(OS(=O)(=O)C(F)(F)F)c1)C(=O)CO2. The highest BCUT2D eigenvalue weighted by Gasteiger charge is 2.50. The smallest absolute Gasteiger partial charge is 0.482 e. The lowest BCUT2D eigenvalue weighted by Gasteiger charge is -2.30. The molecule has 226 valence electrons. The highest BCUT2D eigenvalue weighted by Crippen LogP contribution is 2.38. The molecule has 11 nitrogen and oxygen atoms in total. The second kappa shape index (κ2) is 10.9. The molecule has 42 heavy (non-hydrogen) atoms. The Labute approximate surface area is 241 Å². The fourth-order valence-electron chi connectivity index (χ4n) is 3.40. The molecule has 2 heterocycles. The van der Waals surface area contributed by atoms with Crippen LogP contribution in [0.15, 0.2) is 41.3 Å². The van der Waals surface area contributed by atoms with Gasteiger partial charge in [-0.2, -0.15) is 43.2 Å². The minimum Gasteiger partial charge on any atom is -0.482 e. The first-order valence-corrected chi connectivity index (χ1v) is 14.8. The van der Waals surface area contributed by atoms with Crippen LogP contribution in [0.2, 0.25) is 0 Å². The van der Waals surface area contributed by atoms with Crippen molar-refractivity contribution in [2.45, 2.75) is 17.6 Å². The van der Waals surface area contributed by atoms with Crippen molar-refractivity contribution in [3.05, 3.63) is 52.4 Å². The first-order valence-electron chi connectivity index (χ1n) is 10.7. The summed E-state index contributed by atoms with van der Waals surface area (Å²) in [5.41, 5.74) is -11.9. The zero-order valence-corrected chi connectivity index (χ0v) is 23.2. The molecular formula is C21H12F6N2O9S4. The monoisotopic (exact) mass is 678 g/mol. The maximum Gasteiger partial charge on any atom is 0.534 e. The van der Waals surface area contributed by atoms with Gasteiger partial charge >= 0.3 is 31.3 Å². The second-order valence-electron chi connectivity index (χ2n) is 8.13. The number of carbonyl (C=O) groups is 2. The standard InChI is InChI=1S/C21H12F6N2O9S4/c22-20(23,24)41(32,33)37-12-3-11(4-13(7-12)38-42(34,35)21(25,26)27)8-29-14-5-10(1-2-15(14)36-9-17(29)30)6-16-18(31)28-19(39)40-16/h1-7H,8-9H2,(H,28,31,39). The van der Waals surface area contributed by atoms with Gasteiger partial charge in [0, 0.05) is 6.07 Å². The largest absolute Gasteiger partial charge is 0.534 e.